The molecular formula is C25H38N2O5Si. The van der Waals surface area contributed by atoms with Crippen molar-refractivity contribution in [2.45, 2.75) is 65.2 Å². The number of ether oxygens (including phenoxy) is 2. The lowest BCUT2D eigenvalue weighted by molar-refractivity contribution is 0.0738. The van der Waals surface area contributed by atoms with Crippen molar-refractivity contribution in [1.82, 2.24) is 4.90 Å². The maximum absolute atomic E-state index is 13.7. The fourth-order valence-electron chi connectivity index (χ4n) is 3.36. The summed E-state index contributed by atoms with van der Waals surface area (Å²) in [5.74, 6) is 0.338. The number of hydrogen-bond acceptors (Lipinski definition) is 5. The van der Waals surface area contributed by atoms with Gasteiger partial charge in [-0.15, -0.1) is 0 Å². The predicted molar refractivity (Wildman–Crippen MR) is 134 cm³/mol. The minimum Gasteiger partial charge on any atom is -0.496 e. The molecule has 182 valence electrons. The molecule has 1 aliphatic rings. The summed E-state index contributed by atoms with van der Waals surface area (Å²) in [7, 11) is -0.415. The highest BCUT2D eigenvalue weighted by atomic mass is 28.4. The van der Waals surface area contributed by atoms with Crippen molar-refractivity contribution in [3.8, 4) is 5.75 Å². The van der Waals surface area contributed by atoms with E-state index < -0.39 is 14.4 Å². The van der Waals surface area contributed by atoms with Crippen molar-refractivity contribution in [2.24, 2.45) is 0 Å². The highest BCUT2D eigenvalue weighted by Gasteiger charge is 2.39. The molecule has 1 heterocycles. The Kier molecular flexibility index (Phi) is 8.54. The van der Waals surface area contributed by atoms with Gasteiger partial charge < -0.3 is 18.8 Å². The fraction of sp³-hybridized carbons (Fsp3) is 0.520. The van der Waals surface area contributed by atoms with E-state index in [1.807, 2.05) is 20.0 Å². The standard InChI is InChI=1S/C25H38N2O5Si/c1-10-11-31-24(29)26-21-13-18(3)22(30-7)14-20(21)23(28)27-15-17(2)12-19(27)16-32-33(8,9)25(4,5)6/h10,13-15,19H,1,11-12,16H2,2-9H3,(H,26,29)/t19-/m0/s1. The molecule has 0 bridgehead atoms. The normalized spacial score (nSPS) is 16.3. The van der Waals surface area contributed by atoms with Crippen molar-refractivity contribution in [3.05, 3.63) is 47.7 Å². The second kappa shape index (κ2) is 10.6. The Bertz CT molecular complexity index is 933. The van der Waals surface area contributed by atoms with Gasteiger partial charge in [0.25, 0.3) is 5.91 Å². The topological polar surface area (TPSA) is 77.1 Å². The summed E-state index contributed by atoms with van der Waals surface area (Å²) in [6.07, 6.45) is 3.44. The van der Waals surface area contributed by atoms with Crippen molar-refractivity contribution < 1.29 is 23.5 Å². The van der Waals surface area contributed by atoms with Gasteiger partial charge in [-0.05, 0) is 56.1 Å². The first kappa shape index (κ1) is 26.7. The number of carbonyl (C=O) groups is 2. The van der Waals surface area contributed by atoms with E-state index in [1.54, 1.807) is 24.1 Å². The van der Waals surface area contributed by atoms with Crippen LogP contribution in [0.4, 0.5) is 10.5 Å². The van der Waals surface area contributed by atoms with Crippen LogP contribution >= 0.6 is 0 Å². The number of carbonyl (C=O) groups excluding carboxylic acids is 2. The summed E-state index contributed by atoms with van der Waals surface area (Å²) < 4.78 is 16.9. The Hall–Kier alpha value is -2.58. The Morgan fingerprint density at radius 1 is 1.27 bits per heavy atom. The Morgan fingerprint density at radius 3 is 2.52 bits per heavy atom. The van der Waals surface area contributed by atoms with Crippen LogP contribution in [0.2, 0.25) is 18.1 Å². The average Bonchev–Trinajstić information content (AvgIpc) is 3.10. The number of nitrogens with zero attached hydrogens (tertiary/aromatic N) is 1. The van der Waals surface area contributed by atoms with Crippen molar-refractivity contribution >= 4 is 26.0 Å². The van der Waals surface area contributed by atoms with E-state index in [4.69, 9.17) is 13.9 Å². The van der Waals surface area contributed by atoms with Crippen LogP contribution < -0.4 is 10.1 Å². The molecule has 1 N–H and O–H groups in total. The zero-order valence-electron chi connectivity index (χ0n) is 21.2. The van der Waals surface area contributed by atoms with Gasteiger partial charge in [0.1, 0.15) is 12.4 Å². The zero-order chi connectivity index (χ0) is 25.0. The van der Waals surface area contributed by atoms with Gasteiger partial charge in [-0.25, -0.2) is 4.79 Å². The highest BCUT2D eigenvalue weighted by molar-refractivity contribution is 6.74. The molecule has 0 fully saturated rings. The van der Waals surface area contributed by atoms with Crippen LogP contribution in [0.3, 0.4) is 0 Å². The third kappa shape index (κ3) is 6.48. The minimum absolute atomic E-state index is 0.0746. The quantitative estimate of drug-likeness (QED) is 0.376. The van der Waals surface area contributed by atoms with E-state index in [0.717, 1.165) is 17.6 Å². The van der Waals surface area contributed by atoms with Crippen LogP contribution in [0.5, 0.6) is 5.75 Å². The maximum Gasteiger partial charge on any atom is 0.411 e. The lowest BCUT2D eigenvalue weighted by atomic mass is 10.1. The molecule has 0 radical (unpaired) electrons. The molecule has 2 amide bonds. The van der Waals surface area contributed by atoms with Crippen LogP contribution in [0.15, 0.2) is 36.6 Å². The fourth-order valence-corrected chi connectivity index (χ4v) is 4.40. The number of hydrogen-bond donors (Lipinski definition) is 1. The molecule has 33 heavy (non-hydrogen) atoms. The molecule has 8 heteroatoms. The van der Waals surface area contributed by atoms with E-state index in [-0.39, 0.29) is 23.6 Å². The SMILES string of the molecule is C=CCOC(=O)Nc1cc(C)c(OC)cc1C(=O)N1C=C(C)C[C@H]1CO[Si](C)(C)C(C)(C)C. The molecule has 7 nitrogen and oxygen atoms in total. The molecule has 1 atom stereocenters. The molecule has 0 aromatic heterocycles. The summed E-state index contributed by atoms with van der Waals surface area (Å²) in [4.78, 5) is 27.6. The number of amides is 2. The Balaban J connectivity index is 2.34. The van der Waals surface area contributed by atoms with Crippen molar-refractivity contribution in [3.63, 3.8) is 0 Å². The lowest BCUT2D eigenvalue weighted by Crippen LogP contribution is -2.45. The van der Waals surface area contributed by atoms with E-state index >= 15 is 0 Å². The van der Waals surface area contributed by atoms with Gasteiger partial charge in [0.2, 0.25) is 0 Å². The Labute approximate surface area is 198 Å². The van der Waals surface area contributed by atoms with Gasteiger partial charge in [-0.2, -0.15) is 0 Å². The third-order valence-electron chi connectivity index (χ3n) is 6.32. The number of methoxy groups -OCH3 is 1. The summed E-state index contributed by atoms with van der Waals surface area (Å²) in [6, 6.07) is 3.27. The predicted octanol–water partition coefficient (Wildman–Crippen LogP) is 5.88. The summed E-state index contributed by atoms with van der Waals surface area (Å²) in [5, 5.41) is 2.77. The highest BCUT2D eigenvalue weighted by Crippen LogP contribution is 2.38. The first-order valence-corrected chi connectivity index (χ1v) is 14.1. The van der Waals surface area contributed by atoms with Gasteiger partial charge in [-0.3, -0.25) is 10.1 Å². The minimum atomic E-state index is -1.97. The monoisotopic (exact) mass is 474 g/mol. The van der Waals surface area contributed by atoms with Crippen molar-refractivity contribution in [2.75, 3.05) is 25.6 Å². The van der Waals surface area contributed by atoms with Gasteiger partial charge in [0, 0.05) is 6.20 Å². The van der Waals surface area contributed by atoms with Gasteiger partial charge in [-0.1, -0.05) is 39.0 Å². The second-order valence-corrected chi connectivity index (χ2v) is 14.8. The van der Waals surface area contributed by atoms with Crippen LogP contribution in [0.25, 0.3) is 0 Å². The summed E-state index contributed by atoms with van der Waals surface area (Å²) in [5.41, 5.74) is 2.59. The van der Waals surface area contributed by atoms with Gasteiger partial charge >= 0.3 is 6.09 Å². The van der Waals surface area contributed by atoms with E-state index in [9.17, 15) is 9.59 Å². The van der Waals surface area contributed by atoms with Gasteiger partial charge in [0.05, 0.1) is 31.0 Å². The third-order valence-corrected chi connectivity index (χ3v) is 10.8. The number of nitrogens with one attached hydrogen (secondary N) is 1. The smallest absolute Gasteiger partial charge is 0.411 e. The number of benzene rings is 1. The van der Waals surface area contributed by atoms with Crippen LogP contribution in [-0.2, 0) is 9.16 Å². The van der Waals surface area contributed by atoms with Crippen LogP contribution in [0.1, 0.15) is 50.0 Å². The largest absolute Gasteiger partial charge is 0.496 e. The summed E-state index contributed by atoms with van der Waals surface area (Å²) >= 11 is 0. The first-order chi connectivity index (χ1) is 15.3. The van der Waals surface area contributed by atoms with E-state index in [0.29, 0.717) is 23.6 Å². The Morgan fingerprint density at radius 2 is 1.94 bits per heavy atom. The van der Waals surface area contributed by atoms with Crippen LogP contribution in [-0.4, -0.2) is 51.6 Å². The maximum atomic E-state index is 13.7. The molecule has 0 unspecified atom stereocenters. The molecule has 0 saturated heterocycles. The van der Waals surface area contributed by atoms with Crippen LogP contribution in [0, 0.1) is 6.92 Å². The zero-order valence-corrected chi connectivity index (χ0v) is 22.2. The number of aryl methyl sites for hydroxylation is 1. The molecule has 1 aliphatic heterocycles. The van der Waals surface area contributed by atoms with E-state index in [1.165, 1.54) is 6.08 Å². The second-order valence-electron chi connectivity index (χ2n) is 10.00. The lowest BCUT2D eigenvalue weighted by Gasteiger charge is -2.38. The number of rotatable bonds is 8. The molecule has 1 aromatic rings. The molecule has 0 spiro atoms. The van der Waals surface area contributed by atoms with Gasteiger partial charge in [0.15, 0.2) is 8.32 Å². The molecule has 0 saturated carbocycles. The van der Waals surface area contributed by atoms with Crippen molar-refractivity contribution in [1.29, 1.82) is 0 Å². The summed E-state index contributed by atoms with van der Waals surface area (Å²) in [6.45, 7) is 18.9. The molecule has 1 aromatic carbocycles. The molecule has 0 aliphatic carbocycles. The average molecular weight is 475 g/mol. The number of anilines is 1. The molecule has 2 rings (SSSR count). The molecular weight excluding hydrogens is 436 g/mol. The first-order valence-electron chi connectivity index (χ1n) is 11.2. The van der Waals surface area contributed by atoms with E-state index in [2.05, 4.69) is 45.8 Å².